The number of aryl methyl sites for hydroxylation is 1. The smallest absolute Gasteiger partial charge is 0.343 e. The van der Waals surface area contributed by atoms with Gasteiger partial charge < -0.3 is 10.1 Å². The molecule has 4 rings (SSSR count). The van der Waals surface area contributed by atoms with Gasteiger partial charge in [-0.1, -0.05) is 47.5 Å². The molecule has 1 N–H and O–H groups in total. The van der Waals surface area contributed by atoms with Gasteiger partial charge in [0, 0.05) is 5.69 Å². The lowest BCUT2D eigenvalue weighted by Gasteiger charge is -2.16. The summed E-state index contributed by atoms with van der Waals surface area (Å²) in [6.07, 6.45) is 0. The van der Waals surface area contributed by atoms with Crippen molar-refractivity contribution in [2.75, 3.05) is 10.2 Å². The van der Waals surface area contributed by atoms with Gasteiger partial charge in [-0.2, -0.15) is 0 Å². The second-order valence-electron chi connectivity index (χ2n) is 6.99. The van der Waals surface area contributed by atoms with Crippen LogP contribution >= 0.6 is 23.2 Å². The van der Waals surface area contributed by atoms with Gasteiger partial charge in [0.25, 0.3) is 11.8 Å². The lowest BCUT2D eigenvalue weighted by molar-refractivity contribution is -0.120. The van der Waals surface area contributed by atoms with Crippen molar-refractivity contribution in [1.82, 2.24) is 0 Å². The number of imide groups is 1. The Bertz CT molecular complexity index is 1270. The number of hydrogen-bond acceptors (Lipinski definition) is 5. The van der Waals surface area contributed by atoms with Crippen LogP contribution in [0, 0.1) is 6.92 Å². The maximum atomic E-state index is 12.9. The number of carbonyl (C=O) groups excluding carboxylic acids is 3. The molecule has 3 aromatic rings. The van der Waals surface area contributed by atoms with Gasteiger partial charge in [0.05, 0.1) is 16.3 Å². The van der Waals surface area contributed by atoms with E-state index in [2.05, 4.69) is 5.32 Å². The molecule has 0 fully saturated rings. The molecule has 0 saturated carbocycles. The zero-order valence-electron chi connectivity index (χ0n) is 16.8. The second-order valence-corrected chi connectivity index (χ2v) is 7.78. The van der Waals surface area contributed by atoms with E-state index in [0.717, 1.165) is 10.5 Å². The molecular weight excluding hydrogens is 451 g/mol. The van der Waals surface area contributed by atoms with E-state index in [0.29, 0.717) is 17.0 Å². The molecule has 32 heavy (non-hydrogen) atoms. The van der Waals surface area contributed by atoms with Crippen LogP contribution in [0.15, 0.2) is 83.5 Å². The molecule has 0 atom stereocenters. The molecule has 0 radical (unpaired) electrons. The number of anilines is 2. The summed E-state index contributed by atoms with van der Waals surface area (Å²) in [6, 6.07) is 19.9. The fraction of sp³-hybridized carbons (Fsp3) is 0.0417. The minimum atomic E-state index is -0.675. The van der Waals surface area contributed by atoms with Gasteiger partial charge in [-0.3, -0.25) is 9.59 Å². The summed E-state index contributed by atoms with van der Waals surface area (Å²) < 4.78 is 5.37. The number of esters is 1. The van der Waals surface area contributed by atoms with Crippen LogP contribution in [0.5, 0.6) is 5.75 Å². The van der Waals surface area contributed by atoms with Crippen molar-refractivity contribution in [1.29, 1.82) is 0 Å². The summed E-state index contributed by atoms with van der Waals surface area (Å²) in [5.74, 6) is -1.37. The lowest BCUT2D eigenvalue weighted by atomic mass is 10.2. The Morgan fingerprint density at radius 1 is 0.906 bits per heavy atom. The van der Waals surface area contributed by atoms with Gasteiger partial charge in [-0.15, -0.1) is 0 Å². The average molecular weight is 467 g/mol. The van der Waals surface area contributed by atoms with Crippen LogP contribution in [0.2, 0.25) is 5.02 Å². The SMILES string of the molecule is Cc1cccc(OC(=O)c2ccc(NC3=C(Cl)C(=O)N(c4ccccc4Cl)C3=O)cc2)c1. The molecule has 1 aliphatic rings. The maximum Gasteiger partial charge on any atom is 0.343 e. The summed E-state index contributed by atoms with van der Waals surface area (Å²) >= 11 is 12.3. The van der Waals surface area contributed by atoms with Crippen molar-refractivity contribution in [2.45, 2.75) is 6.92 Å². The second kappa shape index (κ2) is 8.86. The first-order valence-electron chi connectivity index (χ1n) is 9.54. The minimum absolute atomic E-state index is 0.0772. The number of para-hydroxylation sites is 1. The van der Waals surface area contributed by atoms with Crippen LogP contribution in [0.3, 0.4) is 0 Å². The molecule has 0 spiro atoms. The highest BCUT2D eigenvalue weighted by Crippen LogP contribution is 2.34. The van der Waals surface area contributed by atoms with Crippen molar-refractivity contribution < 1.29 is 19.1 Å². The van der Waals surface area contributed by atoms with Gasteiger partial charge in [0.15, 0.2) is 0 Å². The maximum absolute atomic E-state index is 12.9. The molecule has 160 valence electrons. The lowest BCUT2D eigenvalue weighted by Crippen LogP contribution is -2.32. The molecule has 8 heteroatoms. The minimum Gasteiger partial charge on any atom is -0.423 e. The van der Waals surface area contributed by atoms with Gasteiger partial charge in [-0.25, -0.2) is 9.69 Å². The zero-order chi connectivity index (χ0) is 22.8. The molecule has 2 amide bonds. The first kappa shape index (κ1) is 21.6. The summed E-state index contributed by atoms with van der Waals surface area (Å²) in [5, 5.41) is 2.85. The van der Waals surface area contributed by atoms with E-state index in [9.17, 15) is 14.4 Å². The molecule has 0 aliphatic carbocycles. The van der Waals surface area contributed by atoms with Crippen molar-refractivity contribution in [3.05, 3.63) is 99.7 Å². The molecule has 1 aliphatic heterocycles. The zero-order valence-corrected chi connectivity index (χ0v) is 18.3. The van der Waals surface area contributed by atoms with E-state index in [1.807, 2.05) is 13.0 Å². The van der Waals surface area contributed by atoms with E-state index in [-0.39, 0.29) is 21.4 Å². The Morgan fingerprint density at radius 3 is 2.31 bits per heavy atom. The Hall–Kier alpha value is -3.61. The van der Waals surface area contributed by atoms with E-state index in [1.165, 1.54) is 0 Å². The molecule has 0 unspecified atom stereocenters. The average Bonchev–Trinajstić information content (AvgIpc) is 2.98. The van der Waals surface area contributed by atoms with Crippen molar-refractivity contribution in [3.63, 3.8) is 0 Å². The molecule has 0 aromatic heterocycles. The Labute approximate surface area is 194 Å². The van der Waals surface area contributed by atoms with Crippen LogP contribution in [0.25, 0.3) is 0 Å². The number of carbonyl (C=O) groups is 3. The third-order valence-corrected chi connectivity index (χ3v) is 5.38. The molecule has 1 heterocycles. The summed E-state index contributed by atoms with van der Waals surface area (Å²) in [5.41, 5.74) is 1.93. The Kier molecular flexibility index (Phi) is 5.99. The van der Waals surface area contributed by atoms with Crippen LogP contribution in [0.4, 0.5) is 11.4 Å². The third-order valence-electron chi connectivity index (χ3n) is 4.71. The first-order valence-corrected chi connectivity index (χ1v) is 10.3. The van der Waals surface area contributed by atoms with Gasteiger partial charge in [0.2, 0.25) is 0 Å². The Morgan fingerprint density at radius 2 is 1.62 bits per heavy atom. The normalized spacial score (nSPS) is 13.5. The van der Waals surface area contributed by atoms with E-state index in [1.54, 1.807) is 66.7 Å². The van der Waals surface area contributed by atoms with Crippen molar-refractivity contribution in [2.24, 2.45) is 0 Å². The first-order chi connectivity index (χ1) is 15.3. The quantitative estimate of drug-likeness (QED) is 0.313. The van der Waals surface area contributed by atoms with Crippen LogP contribution in [-0.4, -0.2) is 17.8 Å². The molecule has 3 aromatic carbocycles. The number of nitrogens with zero attached hydrogens (tertiary/aromatic N) is 1. The third kappa shape index (κ3) is 4.23. The highest BCUT2D eigenvalue weighted by atomic mass is 35.5. The molecular formula is C24H16Cl2N2O4. The number of amides is 2. The van der Waals surface area contributed by atoms with E-state index in [4.69, 9.17) is 27.9 Å². The summed E-state index contributed by atoms with van der Waals surface area (Å²) in [4.78, 5) is 38.7. The van der Waals surface area contributed by atoms with Crippen LogP contribution in [0.1, 0.15) is 15.9 Å². The fourth-order valence-corrected chi connectivity index (χ4v) is 3.57. The topological polar surface area (TPSA) is 75.7 Å². The van der Waals surface area contributed by atoms with Gasteiger partial charge in [0.1, 0.15) is 16.5 Å². The van der Waals surface area contributed by atoms with Gasteiger partial charge in [-0.05, 0) is 61.0 Å². The predicted octanol–water partition coefficient (Wildman–Crippen LogP) is 5.30. The predicted molar refractivity (Wildman–Crippen MR) is 123 cm³/mol. The standard InChI is InChI=1S/C24H16Cl2N2O4/c1-14-5-4-6-17(13-14)32-24(31)15-9-11-16(12-10-15)27-21-20(26)22(29)28(23(21)30)19-8-3-2-7-18(19)25/h2-13,27H,1H3. The van der Waals surface area contributed by atoms with Crippen molar-refractivity contribution in [3.8, 4) is 5.75 Å². The molecule has 0 bridgehead atoms. The number of rotatable bonds is 5. The summed E-state index contributed by atoms with van der Waals surface area (Å²) in [6.45, 7) is 1.90. The molecule has 6 nitrogen and oxygen atoms in total. The van der Waals surface area contributed by atoms with Crippen LogP contribution < -0.4 is 15.0 Å². The number of ether oxygens (including phenoxy) is 1. The fourth-order valence-electron chi connectivity index (χ4n) is 3.14. The Balaban J connectivity index is 1.49. The highest BCUT2D eigenvalue weighted by molar-refractivity contribution is 6.53. The summed E-state index contributed by atoms with van der Waals surface area (Å²) in [7, 11) is 0. The van der Waals surface area contributed by atoms with E-state index < -0.39 is 17.8 Å². The molecule has 0 saturated heterocycles. The largest absolute Gasteiger partial charge is 0.423 e. The number of halogens is 2. The van der Waals surface area contributed by atoms with E-state index >= 15 is 0 Å². The van der Waals surface area contributed by atoms with Gasteiger partial charge >= 0.3 is 5.97 Å². The number of benzene rings is 3. The highest BCUT2D eigenvalue weighted by Gasteiger charge is 2.39. The monoisotopic (exact) mass is 466 g/mol. The number of nitrogens with one attached hydrogen (secondary N) is 1. The number of hydrogen-bond donors (Lipinski definition) is 1. The van der Waals surface area contributed by atoms with Crippen LogP contribution in [-0.2, 0) is 9.59 Å². The van der Waals surface area contributed by atoms with Crippen molar-refractivity contribution >= 4 is 52.4 Å².